The summed E-state index contributed by atoms with van der Waals surface area (Å²) in [5.41, 5.74) is 1.23. The fourth-order valence-electron chi connectivity index (χ4n) is 2.92. The molecule has 2 rings (SSSR count). The van der Waals surface area contributed by atoms with E-state index in [0.29, 0.717) is 25.1 Å². The number of para-hydroxylation sites is 1. The molecule has 118 valence electrons. The highest BCUT2D eigenvalue weighted by molar-refractivity contribution is 5.35. The van der Waals surface area contributed by atoms with E-state index in [1.54, 1.807) is 0 Å². The average Bonchev–Trinajstić information content (AvgIpc) is 3.04. The van der Waals surface area contributed by atoms with Gasteiger partial charge < -0.3 is 15.2 Å². The Morgan fingerprint density at radius 2 is 2.00 bits per heavy atom. The number of rotatable bonds is 8. The predicted octanol–water partition coefficient (Wildman–Crippen LogP) is 3.47. The van der Waals surface area contributed by atoms with Crippen LogP contribution in [0.4, 0.5) is 0 Å². The number of hydrogen-bond acceptors (Lipinski definition) is 3. The van der Waals surface area contributed by atoms with Crippen molar-refractivity contribution in [3.8, 4) is 5.75 Å². The number of aliphatic hydroxyl groups excluding tert-OH is 1. The van der Waals surface area contributed by atoms with E-state index in [1.165, 1.54) is 31.2 Å². The number of aliphatic hydroxyl groups is 1. The summed E-state index contributed by atoms with van der Waals surface area (Å²) in [5.74, 6) is 1.39. The van der Waals surface area contributed by atoms with Crippen LogP contribution >= 0.6 is 0 Å². The Kier molecular flexibility index (Phi) is 6.52. The van der Waals surface area contributed by atoms with Gasteiger partial charge in [-0.25, -0.2) is 0 Å². The lowest BCUT2D eigenvalue weighted by Gasteiger charge is -2.19. The number of benzene rings is 1. The Balaban J connectivity index is 1.79. The molecule has 21 heavy (non-hydrogen) atoms. The van der Waals surface area contributed by atoms with Gasteiger partial charge in [0.1, 0.15) is 18.5 Å². The summed E-state index contributed by atoms with van der Waals surface area (Å²) in [6, 6.07) is 8.74. The second kappa shape index (κ2) is 8.40. The van der Waals surface area contributed by atoms with Crippen LogP contribution in [0, 0.1) is 0 Å². The van der Waals surface area contributed by atoms with Gasteiger partial charge in [-0.05, 0) is 36.8 Å². The average molecular weight is 291 g/mol. The van der Waals surface area contributed by atoms with Gasteiger partial charge in [0, 0.05) is 12.6 Å². The molecule has 0 amide bonds. The SMILES string of the molecule is CC[C@@H](C)c1ccccc1OC[C@@H](O)CNC1CCCC1. The minimum absolute atomic E-state index is 0.354. The van der Waals surface area contributed by atoms with Crippen molar-refractivity contribution in [1.82, 2.24) is 5.32 Å². The van der Waals surface area contributed by atoms with Gasteiger partial charge in [0.15, 0.2) is 0 Å². The minimum atomic E-state index is -0.449. The second-order valence-electron chi connectivity index (χ2n) is 6.20. The van der Waals surface area contributed by atoms with E-state index >= 15 is 0 Å². The van der Waals surface area contributed by atoms with Gasteiger partial charge in [0.2, 0.25) is 0 Å². The standard InChI is InChI=1S/C18H29NO2/c1-3-14(2)17-10-6-7-11-18(17)21-13-16(20)12-19-15-8-4-5-9-15/h6-7,10-11,14-16,19-20H,3-5,8-9,12-13H2,1-2H3/t14-,16+/m1/s1. The first-order valence-electron chi connectivity index (χ1n) is 8.33. The van der Waals surface area contributed by atoms with Gasteiger partial charge >= 0.3 is 0 Å². The third-order valence-corrected chi connectivity index (χ3v) is 4.49. The molecule has 1 aromatic rings. The van der Waals surface area contributed by atoms with Crippen molar-refractivity contribution in [3.63, 3.8) is 0 Å². The highest BCUT2D eigenvalue weighted by Crippen LogP contribution is 2.28. The van der Waals surface area contributed by atoms with E-state index in [2.05, 4.69) is 25.2 Å². The first-order valence-corrected chi connectivity index (χ1v) is 8.33. The highest BCUT2D eigenvalue weighted by atomic mass is 16.5. The predicted molar refractivity (Wildman–Crippen MR) is 86.9 cm³/mol. The van der Waals surface area contributed by atoms with E-state index in [0.717, 1.165) is 12.2 Å². The lowest BCUT2D eigenvalue weighted by molar-refractivity contribution is 0.103. The largest absolute Gasteiger partial charge is 0.491 e. The van der Waals surface area contributed by atoms with Crippen molar-refractivity contribution in [2.24, 2.45) is 0 Å². The smallest absolute Gasteiger partial charge is 0.122 e. The van der Waals surface area contributed by atoms with Gasteiger partial charge in [0.25, 0.3) is 0 Å². The zero-order valence-corrected chi connectivity index (χ0v) is 13.3. The van der Waals surface area contributed by atoms with Crippen molar-refractivity contribution in [3.05, 3.63) is 29.8 Å². The molecule has 1 aliphatic rings. The van der Waals surface area contributed by atoms with Crippen LogP contribution in [0.25, 0.3) is 0 Å². The Labute approximate surface area is 128 Å². The molecule has 1 aliphatic carbocycles. The quantitative estimate of drug-likeness (QED) is 0.770. The molecule has 3 heteroatoms. The summed E-state index contributed by atoms with van der Waals surface area (Å²) >= 11 is 0. The molecule has 0 aromatic heterocycles. The second-order valence-corrected chi connectivity index (χ2v) is 6.20. The molecule has 0 radical (unpaired) electrons. The Bertz CT molecular complexity index is 415. The van der Waals surface area contributed by atoms with Crippen molar-refractivity contribution >= 4 is 0 Å². The summed E-state index contributed by atoms with van der Waals surface area (Å²) in [6.45, 7) is 5.37. The Morgan fingerprint density at radius 1 is 1.29 bits per heavy atom. The van der Waals surface area contributed by atoms with Crippen LogP contribution in [0.15, 0.2) is 24.3 Å². The van der Waals surface area contributed by atoms with Gasteiger partial charge in [-0.1, -0.05) is 44.9 Å². The number of nitrogens with one attached hydrogen (secondary N) is 1. The molecule has 0 saturated heterocycles. The van der Waals surface area contributed by atoms with Gasteiger partial charge in [0.05, 0.1) is 0 Å². The van der Waals surface area contributed by atoms with Crippen molar-refractivity contribution in [1.29, 1.82) is 0 Å². The maximum atomic E-state index is 10.1. The van der Waals surface area contributed by atoms with Crippen LogP contribution in [0.3, 0.4) is 0 Å². The summed E-state index contributed by atoms with van der Waals surface area (Å²) in [7, 11) is 0. The van der Waals surface area contributed by atoms with Crippen LogP contribution in [-0.2, 0) is 0 Å². The Hall–Kier alpha value is -1.06. The molecule has 0 aliphatic heterocycles. The first kappa shape index (κ1) is 16.3. The topological polar surface area (TPSA) is 41.5 Å². The summed E-state index contributed by atoms with van der Waals surface area (Å²) in [5, 5.41) is 13.5. The van der Waals surface area contributed by atoms with E-state index < -0.39 is 6.10 Å². The molecular weight excluding hydrogens is 262 g/mol. The van der Waals surface area contributed by atoms with Crippen molar-refractivity contribution in [2.45, 2.75) is 64.0 Å². The lowest BCUT2D eigenvalue weighted by atomic mass is 9.98. The fraction of sp³-hybridized carbons (Fsp3) is 0.667. The molecule has 2 atom stereocenters. The number of hydrogen-bond donors (Lipinski definition) is 2. The third kappa shape index (κ3) is 5.01. The van der Waals surface area contributed by atoms with Crippen LogP contribution in [0.1, 0.15) is 57.4 Å². The van der Waals surface area contributed by atoms with Gasteiger partial charge in [-0.2, -0.15) is 0 Å². The zero-order chi connectivity index (χ0) is 15.1. The van der Waals surface area contributed by atoms with Crippen molar-refractivity contribution < 1.29 is 9.84 Å². The maximum absolute atomic E-state index is 10.1. The maximum Gasteiger partial charge on any atom is 0.122 e. The van der Waals surface area contributed by atoms with E-state index in [-0.39, 0.29) is 0 Å². The highest BCUT2D eigenvalue weighted by Gasteiger charge is 2.16. The van der Waals surface area contributed by atoms with E-state index in [1.807, 2.05) is 18.2 Å². The Morgan fingerprint density at radius 3 is 2.71 bits per heavy atom. The molecule has 0 unspecified atom stereocenters. The molecule has 0 spiro atoms. The van der Waals surface area contributed by atoms with Crippen LogP contribution in [-0.4, -0.2) is 30.4 Å². The van der Waals surface area contributed by atoms with Crippen LogP contribution < -0.4 is 10.1 Å². The monoisotopic (exact) mass is 291 g/mol. The molecule has 3 nitrogen and oxygen atoms in total. The molecule has 0 heterocycles. The van der Waals surface area contributed by atoms with E-state index in [9.17, 15) is 5.11 Å². The van der Waals surface area contributed by atoms with Gasteiger partial charge in [-0.3, -0.25) is 0 Å². The van der Waals surface area contributed by atoms with Crippen molar-refractivity contribution in [2.75, 3.05) is 13.2 Å². The third-order valence-electron chi connectivity index (χ3n) is 4.49. The summed E-state index contributed by atoms with van der Waals surface area (Å²) in [4.78, 5) is 0. The van der Waals surface area contributed by atoms with Gasteiger partial charge in [-0.15, -0.1) is 0 Å². The molecule has 0 bridgehead atoms. The molecule has 2 N–H and O–H groups in total. The van der Waals surface area contributed by atoms with Crippen LogP contribution in [0.2, 0.25) is 0 Å². The molecule has 1 saturated carbocycles. The van der Waals surface area contributed by atoms with Crippen LogP contribution in [0.5, 0.6) is 5.75 Å². The number of ether oxygens (including phenoxy) is 1. The van der Waals surface area contributed by atoms with E-state index in [4.69, 9.17) is 4.74 Å². The normalized spacial score (nSPS) is 18.6. The lowest BCUT2D eigenvalue weighted by Crippen LogP contribution is -2.36. The first-order chi connectivity index (χ1) is 10.2. The molecule has 1 aromatic carbocycles. The molecule has 1 fully saturated rings. The zero-order valence-electron chi connectivity index (χ0n) is 13.3. The summed E-state index contributed by atoms with van der Waals surface area (Å²) < 4.78 is 5.85. The minimum Gasteiger partial charge on any atom is -0.491 e. The summed E-state index contributed by atoms with van der Waals surface area (Å²) in [6.07, 6.45) is 5.75. The molecular formula is C18H29NO2. The fourth-order valence-corrected chi connectivity index (χ4v) is 2.92.